The first kappa shape index (κ1) is 17.3. The Labute approximate surface area is 147 Å². The van der Waals surface area contributed by atoms with Gasteiger partial charge in [-0.15, -0.1) is 0 Å². The molecule has 1 saturated heterocycles. The number of piperidine rings is 1. The van der Waals surface area contributed by atoms with Gasteiger partial charge in [-0.1, -0.05) is 30.3 Å². The summed E-state index contributed by atoms with van der Waals surface area (Å²) in [6, 6.07) is 14.6. The van der Waals surface area contributed by atoms with Gasteiger partial charge in [0, 0.05) is 18.7 Å². The molecule has 1 fully saturated rings. The van der Waals surface area contributed by atoms with E-state index in [2.05, 4.69) is 34.5 Å². The second-order valence-electron chi connectivity index (χ2n) is 6.62. The van der Waals surface area contributed by atoms with Crippen molar-refractivity contribution in [1.82, 2.24) is 10.2 Å². The van der Waals surface area contributed by atoms with Crippen molar-refractivity contribution in [2.24, 2.45) is 5.92 Å². The number of hydrogen-bond donors (Lipinski definition) is 3. The highest BCUT2D eigenvalue weighted by Crippen LogP contribution is 2.25. The van der Waals surface area contributed by atoms with Crippen molar-refractivity contribution in [3.8, 4) is 11.5 Å². The molecule has 0 saturated carbocycles. The smallest absolute Gasteiger partial charge is 0.251 e. The Bertz CT molecular complexity index is 710. The number of carbonyl (C=O) groups excluding carboxylic acids is 1. The first-order chi connectivity index (χ1) is 12.1. The molecule has 0 aliphatic carbocycles. The molecular weight excluding hydrogens is 316 g/mol. The lowest BCUT2D eigenvalue weighted by molar-refractivity contribution is 0.0935. The molecule has 132 valence electrons. The fourth-order valence-corrected chi connectivity index (χ4v) is 3.19. The number of nitrogens with zero attached hydrogens (tertiary/aromatic N) is 1. The monoisotopic (exact) mass is 340 g/mol. The van der Waals surface area contributed by atoms with E-state index in [1.54, 1.807) is 0 Å². The van der Waals surface area contributed by atoms with Gasteiger partial charge in [0.1, 0.15) is 0 Å². The average molecular weight is 340 g/mol. The number of rotatable bonds is 5. The molecule has 5 heteroatoms. The number of aromatic hydroxyl groups is 2. The Morgan fingerprint density at radius 3 is 2.44 bits per heavy atom. The molecule has 0 atom stereocenters. The summed E-state index contributed by atoms with van der Waals surface area (Å²) in [4.78, 5) is 14.6. The van der Waals surface area contributed by atoms with E-state index < -0.39 is 0 Å². The Hall–Kier alpha value is -2.53. The van der Waals surface area contributed by atoms with Crippen LogP contribution in [-0.4, -0.2) is 40.7 Å². The summed E-state index contributed by atoms with van der Waals surface area (Å²) in [6.07, 6.45) is 2.13. The fourth-order valence-electron chi connectivity index (χ4n) is 3.19. The van der Waals surface area contributed by atoms with Gasteiger partial charge in [0.25, 0.3) is 5.91 Å². The van der Waals surface area contributed by atoms with Gasteiger partial charge in [-0.05, 0) is 55.6 Å². The third-order valence-corrected chi connectivity index (χ3v) is 4.75. The minimum Gasteiger partial charge on any atom is -0.504 e. The van der Waals surface area contributed by atoms with Crippen LogP contribution in [0.1, 0.15) is 28.8 Å². The number of likely N-dealkylation sites (tertiary alicyclic amines) is 1. The van der Waals surface area contributed by atoms with Crippen LogP contribution < -0.4 is 5.32 Å². The quantitative estimate of drug-likeness (QED) is 0.732. The fraction of sp³-hybridized carbons (Fsp3) is 0.350. The molecule has 2 aromatic carbocycles. The van der Waals surface area contributed by atoms with E-state index in [4.69, 9.17) is 0 Å². The first-order valence-electron chi connectivity index (χ1n) is 8.68. The van der Waals surface area contributed by atoms with E-state index in [9.17, 15) is 15.0 Å². The lowest BCUT2D eigenvalue weighted by Gasteiger charge is -2.32. The number of amides is 1. The molecular formula is C20H24N2O3. The van der Waals surface area contributed by atoms with E-state index in [1.807, 2.05) is 6.07 Å². The third kappa shape index (κ3) is 4.73. The summed E-state index contributed by atoms with van der Waals surface area (Å²) in [5, 5.41) is 21.7. The molecule has 1 aliphatic heterocycles. The van der Waals surface area contributed by atoms with Crippen LogP contribution in [0, 0.1) is 5.92 Å². The normalized spacial score (nSPS) is 15.8. The minimum atomic E-state index is -0.276. The standard InChI is InChI=1S/C20H24N2O3/c23-18-7-6-17(12-19(18)24)20(25)21-13-15-8-10-22(11-9-15)14-16-4-2-1-3-5-16/h1-7,12,15,23-24H,8-11,13-14H2,(H,21,25). The summed E-state index contributed by atoms with van der Waals surface area (Å²) in [5.74, 6) is -0.243. The van der Waals surface area contributed by atoms with Gasteiger partial charge in [0.2, 0.25) is 0 Å². The van der Waals surface area contributed by atoms with E-state index in [0.717, 1.165) is 32.5 Å². The van der Waals surface area contributed by atoms with Crippen molar-refractivity contribution < 1.29 is 15.0 Å². The number of benzene rings is 2. The highest BCUT2D eigenvalue weighted by atomic mass is 16.3. The highest BCUT2D eigenvalue weighted by Gasteiger charge is 2.20. The van der Waals surface area contributed by atoms with Crippen LogP contribution in [0.15, 0.2) is 48.5 Å². The van der Waals surface area contributed by atoms with Crippen LogP contribution in [0.4, 0.5) is 0 Å². The van der Waals surface area contributed by atoms with Gasteiger partial charge in [0.05, 0.1) is 0 Å². The van der Waals surface area contributed by atoms with Crippen LogP contribution in [0.3, 0.4) is 0 Å². The predicted molar refractivity (Wildman–Crippen MR) is 96.5 cm³/mol. The second kappa shape index (κ2) is 8.03. The molecule has 5 nitrogen and oxygen atoms in total. The topological polar surface area (TPSA) is 72.8 Å². The zero-order valence-corrected chi connectivity index (χ0v) is 14.2. The maximum absolute atomic E-state index is 12.1. The van der Waals surface area contributed by atoms with Crippen LogP contribution in [0.25, 0.3) is 0 Å². The van der Waals surface area contributed by atoms with E-state index in [0.29, 0.717) is 18.0 Å². The van der Waals surface area contributed by atoms with Crippen LogP contribution in [0.2, 0.25) is 0 Å². The van der Waals surface area contributed by atoms with Crippen molar-refractivity contribution in [2.75, 3.05) is 19.6 Å². The molecule has 25 heavy (non-hydrogen) atoms. The molecule has 0 radical (unpaired) electrons. The van der Waals surface area contributed by atoms with Gasteiger partial charge < -0.3 is 15.5 Å². The Kier molecular flexibility index (Phi) is 5.56. The van der Waals surface area contributed by atoms with Gasteiger partial charge in [0.15, 0.2) is 11.5 Å². The first-order valence-corrected chi connectivity index (χ1v) is 8.68. The molecule has 3 N–H and O–H groups in total. The molecule has 0 unspecified atom stereocenters. The number of nitrogens with one attached hydrogen (secondary N) is 1. The summed E-state index contributed by atoms with van der Waals surface area (Å²) in [6.45, 7) is 3.69. The lowest BCUT2D eigenvalue weighted by atomic mass is 9.96. The molecule has 1 amide bonds. The van der Waals surface area contributed by atoms with Crippen molar-refractivity contribution in [3.63, 3.8) is 0 Å². The molecule has 1 heterocycles. The molecule has 2 aromatic rings. The highest BCUT2D eigenvalue weighted by molar-refractivity contribution is 5.94. The molecule has 0 spiro atoms. The largest absolute Gasteiger partial charge is 0.504 e. The minimum absolute atomic E-state index is 0.220. The molecule has 0 bridgehead atoms. The molecule has 3 rings (SSSR count). The Morgan fingerprint density at radius 2 is 1.76 bits per heavy atom. The number of phenolic OH excluding ortho intramolecular Hbond substituents is 2. The zero-order chi connectivity index (χ0) is 17.6. The van der Waals surface area contributed by atoms with Crippen LogP contribution in [-0.2, 0) is 6.54 Å². The number of hydrogen-bond acceptors (Lipinski definition) is 4. The maximum Gasteiger partial charge on any atom is 0.251 e. The summed E-state index contributed by atoms with van der Waals surface area (Å²) in [5.41, 5.74) is 1.69. The van der Waals surface area contributed by atoms with Crippen molar-refractivity contribution in [1.29, 1.82) is 0 Å². The molecule has 0 aromatic heterocycles. The number of carbonyl (C=O) groups is 1. The zero-order valence-electron chi connectivity index (χ0n) is 14.2. The Balaban J connectivity index is 1.43. The SMILES string of the molecule is O=C(NCC1CCN(Cc2ccccc2)CC1)c1ccc(O)c(O)c1. The van der Waals surface area contributed by atoms with Gasteiger partial charge in [-0.2, -0.15) is 0 Å². The van der Waals surface area contributed by atoms with Crippen molar-refractivity contribution in [3.05, 3.63) is 59.7 Å². The summed E-state index contributed by atoms with van der Waals surface area (Å²) >= 11 is 0. The van der Waals surface area contributed by atoms with Crippen molar-refractivity contribution >= 4 is 5.91 Å². The summed E-state index contributed by atoms with van der Waals surface area (Å²) < 4.78 is 0. The second-order valence-corrected chi connectivity index (χ2v) is 6.62. The third-order valence-electron chi connectivity index (χ3n) is 4.75. The molecule has 1 aliphatic rings. The predicted octanol–water partition coefficient (Wildman–Crippen LogP) is 2.74. The van der Waals surface area contributed by atoms with Gasteiger partial charge in [-0.25, -0.2) is 0 Å². The van der Waals surface area contributed by atoms with E-state index >= 15 is 0 Å². The average Bonchev–Trinajstić information content (AvgIpc) is 2.64. The van der Waals surface area contributed by atoms with Crippen LogP contribution >= 0.6 is 0 Å². The summed E-state index contributed by atoms with van der Waals surface area (Å²) in [7, 11) is 0. The van der Waals surface area contributed by atoms with E-state index in [-0.39, 0.29) is 17.4 Å². The van der Waals surface area contributed by atoms with Crippen LogP contribution in [0.5, 0.6) is 11.5 Å². The van der Waals surface area contributed by atoms with Gasteiger partial charge >= 0.3 is 0 Å². The number of phenols is 2. The lowest BCUT2D eigenvalue weighted by Crippen LogP contribution is -2.38. The van der Waals surface area contributed by atoms with Gasteiger partial charge in [-0.3, -0.25) is 9.69 Å². The van der Waals surface area contributed by atoms with Crippen molar-refractivity contribution in [2.45, 2.75) is 19.4 Å². The Morgan fingerprint density at radius 1 is 1.04 bits per heavy atom. The maximum atomic E-state index is 12.1. The van der Waals surface area contributed by atoms with E-state index in [1.165, 1.54) is 23.8 Å².